The summed E-state index contributed by atoms with van der Waals surface area (Å²) in [4.78, 5) is 33.2. The average Bonchev–Trinajstić information content (AvgIpc) is 3.18. The van der Waals surface area contributed by atoms with Crippen LogP contribution in [0.2, 0.25) is 5.02 Å². The Hall–Kier alpha value is -3.04. The third-order valence-corrected chi connectivity index (χ3v) is 7.61. The molecule has 0 saturated heterocycles. The number of carbonyl (C=O) groups excluding carboxylic acids is 1. The second-order valence-electron chi connectivity index (χ2n) is 8.97. The number of aliphatic hydroxyl groups excluding tert-OH is 1. The molecule has 0 saturated carbocycles. The van der Waals surface area contributed by atoms with Gasteiger partial charge in [-0.15, -0.1) is 11.3 Å². The van der Waals surface area contributed by atoms with Crippen molar-refractivity contribution < 1.29 is 9.90 Å². The van der Waals surface area contributed by atoms with Gasteiger partial charge >= 0.3 is 0 Å². The Labute approximate surface area is 219 Å². The summed E-state index contributed by atoms with van der Waals surface area (Å²) >= 11 is 7.36. The van der Waals surface area contributed by atoms with Gasteiger partial charge in [0.1, 0.15) is 6.10 Å². The van der Waals surface area contributed by atoms with E-state index in [4.69, 9.17) is 11.6 Å². The number of nitrogens with one attached hydrogen (secondary N) is 1. The van der Waals surface area contributed by atoms with Crippen LogP contribution >= 0.6 is 22.9 Å². The molecule has 1 atom stereocenters. The maximum absolute atomic E-state index is 13.3. The predicted molar refractivity (Wildman–Crippen MR) is 144 cm³/mol. The highest BCUT2D eigenvalue weighted by Crippen LogP contribution is 2.30. The van der Waals surface area contributed by atoms with E-state index in [1.165, 1.54) is 11.3 Å². The molecule has 3 heterocycles. The van der Waals surface area contributed by atoms with Crippen LogP contribution in [0.5, 0.6) is 0 Å². The van der Waals surface area contributed by atoms with Gasteiger partial charge in [0.15, 0.2) is 0 Å². The average molecular weight is 525 g/mol. The van der Waals surface area contributed by atoms with E-state index in [1.807, 2.05) is 54.8 Å². The van der Waals surface area contributed by atoms with Crippen molar-refractivity contribution in [2.24, 2.45) is 7.05 Å². The zero-order chi connectivity index (χ0) is 25.8. The first-order valence-electron chi connectivity index (χ1n) is 11.6. The van der Waals surface area contributed by atoms with E-state index in [9.17, 15) is 14.7 Å². The molecule has 0 aliphatic rings. The number of amides is 1. The number of benzene rings is 1. The number of rotatable bonds is 9. The molecule has 3 aromatic heterocycles. The number of nitrogens with zero attached hydrogens (tertiary/aromatic N) is 3. The summed E-state index contributed by atoms with van der Waals surface area (Å²) in [6, 6.07) is 12.7. The van der Waals surface area contributed by atoms with Gasteiger partial charge in [0.05, 0.1) is 22.3 Å². The van der Waals surface area contributed by atoms with Gasteiger partial charge in [-0.2, -0.15) is 0 Å². The molecule has 2 N–H and O–H groups in total. The third kappa shape index (κ3) is 6.02. The van der Waals surface area contributed by atoms with Crippen LogP contribution in [0.25, 0.3) is 10.2 Å². The number of pyridine rings is 2. The number of thiophene rings is 1. The highest BCUT2D eigenvalue weighted by Gasteiger charge is 2.19. The van der Waals surface area contributed by atoms with Crippen molar-refractivity contribution in [2.45, 2.75) is 32.5 Å². The monoisotopic (exact) mass is 524 g/mol. The zero-order valence-electron chi connectivity index (χ0n) is 20.5. The summed E-state index contributed by atoms with van der Waals surface area (Å²) in [7, 11) is 3.83. The number of aliphatic hydroxyl groups is 1. The molecule has 0 fully saturated rings. The van der Waals surface area contributed by atoms with Crippen molar-refractivity contribution in [2.75, 3.05) is 13.6 Å². The number of halogens is 1. The number of aryl methyl sites for hydroxylation is 2. The number of carbonyl (C=O) groups is 1. The molecule has 0 aliphatic heterocycles. The predicted octanol–water partition coefficient (Wildman–Crippen LogP) is 3.98. The first kappa shape index (κ1) is 26.0. The third-order valence-electron chi connectivity index (χ3n) is 6.10. The fraction of sp³-hybridized carbons (Fsp3) is 0.296. The summed E-state index contributed by atoms with van der Waals surface area (Å²) in [6.45, 7) is 3.39. The summed E-state index contributed by atoms with van der Waals surface area (Å²) in [5.74, 6) is -0.210. The fourth-order valence-corrected chi connectivity index (χ4v) is 5.74. The van der Waals surface area contributed by atoms with E-state index in [0.29, 0.717) is 40.6 Å². The minimum absolute atomic E-state index is 0.0126. The summed E-state index contributed by atoms with van der Waals surface area (Å²) in [5.41, 5.74) is 3.83. The molecule has 0 bridgehead atoms. The van der Waals surface area contributed by atoms with Gasteiger partial charge in [0, 0.05) is 54.5 Å². The van der Waals surface area contributed by atoms with Crippen LogP contribution in [0.1, 0.15) is 33.4 Å². The van der Waals surface area contributed by atoms with Crippen LogP contribution in [-0.2, 0) is 31.4 Å². The van der Waals surface area contributed by atoms with Crippen molar-refractivity contribution in [3.8, 4) is 0 Å². The van der Waals surface area contributed by atoms with Crippen LogP contribution in [0.3, 0.4) is 0 Å². The highest BCUT2D eigenvalue weighted by atomic mass is 35.5. The largest absolute Gasteiger partial charge is 0.385 e. The Bertz CT molecular complexity index is 1420. The second-order valence-corrected chi connectivity index (χ2v) is 10.5. The van der Waals surface area contributed by atoms with Crippen LogP contribution in [0, 0.1) is 6.92 Å². The van der Waals surface area contributed by atoms with Crippen molar-refractivity contribution in [1.82, 2.24) is 19.8 Å². The minimum atomic E-state index is -0.699. The number of aromatic nitrogens is 2. The summed E-state index contributed by atoms with van der Waals surface area (Å²) < 4.78 is 2.57. The van der Waals surface area contributed by atoms with Gasteiger partial charge < -0.3 is 15.0 Å². The summed E-state index contributed by atoms with van der Waals surface area (Å²) in [5, 5.41) is 14.0. The Morgan fingerprint density at radius 2 is 2.00 bits per heavy atom. The van der Waals surface area contributed by atoms with Gasteiger partial charge in [-0.1, -0.05) is 29.8 Å². The molecule has 0 spiro atoms. The molecule has 9 heteroatoms. The van der Waals surface area contributed by atoms with E-state index >= 15 is 0 Å². The normalized spacial score (nSPS) is 12.3. The molecule has 36 heavy (non-hydrogen) atoms. The van der Waals surface area contributed by atoms with E-state index in [1.54, 1.807) is 30.6 Å². The Balaban J connectivity index is 1.47. The maximum atomic E-state index is 13.3. The number of hydrogen-bond donors (Lipinski definition) is 2. The zero-order valence-corrected chi connectivity index (χ0v) is 22.1. The molecule has 0 unspecified atom stereocenters. The molecule has 1 aromatic carbocycles. The smallest absolute Gasteiger partial charge is 0.224 e. The van der Waals surface area contributed by atoms with Crippen molar-refractivity contribution in [3.05, 3.63) is 97.4 Å². The SMILES string of the molecule is Cc1c(CN(C)C[C@H](O)c2ccccn2)sc2c(=O)c(CC(=O)NCc3ccc(Cl)cc3)cn(C)c12. The topological polar surface area (TPSA) is 87.5 Å². The fourth-order valence-electron chi connectivity index (χ4n) is 4.22. The van der Waals surface area contributed by atoms with Gasteiger partial charge in [-0.3, -0.25) is 19.5 Å². The van der Waals surface area contributed by atoms with E-state index in [2.05, 4.69) is 10.3 Å². The van der Waals surface area contributed by atoms with E-state index < -0.39 is 6.10 Å². The lowest BCUT2D eigenvalue weighted by atomic mass is 10.1. The number of likely N-dealkylation sites (N-methyl/N-ethyl adjacent to an activating group) is 1. The van der Waals surface area contributed by atoms with Crippen molar-refractivity contribution >= 4 is 39.1 Å². The Morgan fingerprint density at radius 1 is 1.25 bits per heavy atom. The maximum Gasteiger partial charge on any atom is 0.224 e. The molecule has 4 aromatic rings. The first-order valence-corrected chi connectivity index (χ1v) is 12.8. The van der Waals surface area contributed by atoms with Crippen LogP contribution in [0.15, 0.2) is 59.7 Å². The first-order chi connectivity index (χ1) is 17.2. The number of fused-ring (bicyclic) bond motifs is 1. The van der Waals surface area contributed by atoms with Gasteiger partial charge in [0.2, 0.25) is 11.3 Å². The molecular weight excluding hydrogens is 496 g/mol. The van der Waals surface area contributed by atoms with Crippen LogP contribution in [0.4, 0.5) is 0 Å². The molecule has 7 nitrogen and oxygen atoms in total. The lowest BCUT2D eigenvalue weighted by Crippen LogP contribution is -2.27. The van der Waals surface area contributed by atoms with Crippen molar-refractivity contribution in [3.63, 3.8) is 0 Å². The Morgan fingerprint density at radius 3 is 2.69 bits per heavy atom. The van der Waals surface area contributed by atoms with Crippen LogP contribution in [-0.4, -0.2) is 39.1 Å². The molecule has 0 radical (unpaired) electrons. The van der Waals surface area contributed by atoms with Crippen LogP contribution < -0.4 is 10.7 Å². The number of hydrogen-bond acceptors (Lipinski definition) is 6. The minimum Gasteiger partial charge on any atom is -0.385 e. The molecule has 1 amide bonds. The lowest BCUT2D eigenvalue weighted by Gasteiger charge is -2.20. The van der Waals surface area contributed by atoms with Gasteiger partial charge in [-0.25, -0.2) is 0 Å². The highest BCUT2D eigenvalue weighted by molar-refractivity contribution is 7.19. The molecule has 4 rings (SSSR count). The quantitative estimate of drug-likeness (QED) is 0.346. The van der Waals surface area contributed by atoms with E-state index in [-0.39, 0.29) is 17.8 Å². The van der Waals surface area contributed by atoms with Gasteiger partial charge in [-0.05, 0) is 49.4 Å². The molecular formula is C27H29ClN4O3S. The van der Waals surface area contributed by atoms with Gasteiger partial charge in [0.25, 0.3) is 0 Å². The van der Waals surface area contributed by atoms with Crippen molar-refractivity contribution in [1.29, 1.82) is 0 Å². The standard InChI is InChI=1S/C27H29ClN4O3S/c1-17-23(16-31(2)15-22(33)21-6-4-5-11-29-21)36-27-25(17)32(3)14-19(26(27)35)12-24(34)30-13-18-7-9-20(28)10-8-18/h4-11,14,22,33H,12-13,15-16H2,1-3H3,(H,30,34)/t22-/m0/s1. The lowest BCUT2D eigenvalue weighted by molar-refractivity contribution is -0.120. The molecule has 0 aliphatic carbocycles. The molecule has 188 valence electrons. The Kier molecular flexibility index (Phi) is 8.21. The second kappa shape index (κ2) is 11.3. The van der Waals surface area contributed by atoms with E-state index in [0.717, 1.165) is 21.5 Å². The summed E-state index contributed by atoms with van der Waals surface area (Å²) in [6.07, 6.45) is 2.73.